The van der Waals surface area contributed by atoms with Crippen LogP contribution in [0.4, 0.5) is 15.8 Å². The average Bonchev–Trinajstić information content (AvgIpc) is 3.22. The number of carbonyl (C=O) groups excluding carboxylic acids is 3. The molecule has 0 unspecified atom stereocenters. The average molecular weight is 396 g/mol. The van der Waals surface area contributed by atoms with Gasteiger partial charge >= 0.3 is 5.97 Å². The Morgan fingerprint density at radius 2 is 1.76 bits per heavy atom. The molecule has 1 heterocycles. The van der Waals surface area contributed by atoms with Crippen LogP contribution in [0.25, 0.3) is 0 Å². The van der Waals surface area contributed by atoms with Crippen molar-refractivity contribution in [2.24, 2.45) is 0 Å². The maximum Gasteiger partial charge on any atom is 0.317 e. The van der Waals surface area contributed by atoms with Crippen LogP contribution in [0.1, 0.15) is 31.2 Å². The van der Waals surface area contributed by atoms with Gasteiger partial charge in [0, 0.05) is 0 Å². The topological polar surface area (TPSA) is 75.7 Å². The summed E-state index contributed by atoms with van der Waals surface area (Å²) < 4.78 is 18.7. The summed E-state index contributed by atoms with van der Waals surface area (Å²) in [5.41, 5.74) is 0.964. The summed E-state index contributed by atoms with van der Waals surface area (Å²) in [5, 5.41) is 2.72. The molecule has 1 aliphatic heterocycles. The van der Waals surface area contributed by atoms with Crippen molar-refractivity contribution < 1.29 is 23.5 Å². The number of nitrogens with zero attached hydrogens (tertiary/aromatic N) is 1. The molecule has 6 nitrogen and oxygen atoms in total. The lowest BCUT2D eigenvalue weighted by Crippen LogP contribution is -2.45. The number of halogens is 1. The van der Waals surface area contributed by atoms with Gasteiger partial charge in [-0.2, -0.15) is 0 Å². The van der Waals surface area contributed by atoms with Crippen molar-refractivity contribution in [3.8, 4) is 0 Å². The summed E-state index contributed by atoms with van der Waals surface area (Å²) in [6.07, 6.45) is 2.92. The highest BCUT2D eigenvalue weighted by Gasteiger charge is 2.44. The fraction of sp³-hybridized carbons (Fsp3) is 0.318. The number of para-hydroxylation sites is 2. The third-order valence-electron chi connectivity index (χ3n) is 5.64. The molecule has 2 aromatic carbocycles. The molecular formula is C22H21FN2O4. The molecule has 0 saturated heterocycles. The lowest BCUT2D eigenvalue weighted by molar-refractivity contribution is -0.153. The summed E-state index contributed by atoms with van der Waals surface area (Å²) >= 11 is 0. The molecule has 1 N–H and O–H groups in total. The standard InChI is InChI=1S/C22H21FN2O4/c23-16-9-7-15(8-10-16)22(11-3-4-12-22)21(28)29-14-20(27)25-13-19(26)24-17-5-1-2-6-18(17)25/h1-2,5-10H,3-4,11-14H2,(H,24,26). The highest BCUT2D eigenvalue weighted by atomic mass is 19.1. The number of nitrogens with one attached hydrogen (secondary N) is 1. The van der Waals surface area contributed by atoms with E-state index in [-0.39, 0.29) is 18.3 Å². The fourth-order valence-electron chi connectivity index (χ4n) is 4.16. The number of fused-ring (bicyclic) bond motifs is 1. The van der Waals surface area contributed by atoms with Crippen LogP contribution in [-0.2, 0) is 24.5 Å². The maximum absolute atomic E-state index is 13.3. The normalized spacial score (nSPS) is 17.4. The van der Waals surface area contributed by atoms with Crippen molar-refractivity contribution in [1.82, 2.24) is 0 Å². The van der Waals surface area contributed by atoms with Gasteiger partial charge in [0.25, 0.3) is 5.91 Å². The number of anilines is 2. The van der Waals surface area contributed by atoms with Crippen LogP contribution < -0.4 is 10.2 Å². The Bertz CT molecular complexity index is 952. The van der Waals surface area contributed by atoms with Crippen molar-refractivity contribution in [1.29, 1.82) is 0 Å². The second-order valence-corrected chi connectivity index (χ2v) is 7.42. The maximum atomic E-state index is 13.3. The molecule has 29 heavy (non-hydrogen) atoms. The first-order chi connectivity index (χ1) is 14.0. The van der Waals surface area contributed by atoms with Gasteiger partial charge in [0.2, 0.25) is 5.91 Å². The van der Waals surface area contributed by atoms with Gasteiger partial charge < -0.3 is 10.1 Å². The Labute approximate surface area is 167 Å². The van der Waals surface area contributed by atoms with E-state index in [1.807, 2.05) is 0 Å². The molecule has 7 heteroatoms. The van der Waals surface area contributed by atoms with E-state index in [1.54, 1.807) is 36.4 Å². The highest BCUT2D eigenvalue weighted by Crippen LogP contribution is 2.42. The van der Waals surface area contributed by atoms with Gasteiger partial charge in [0.1, 0.15) is 12.4 Å². The molecule has 1 fully saturated rings. The van der Waals surface area contributed by atoms with Gasteiger partial charge in [0.05, 0.1) is 16.8 Å². The first kappa shape index (κ1) is 19.1. The molecule has 0 atom stereocenters. The van der Waals surface area contributed by atoms with E-state index >= 15 is 0 Å². The van der Waals surface area contributed by atoms with Crippen molar-refractivity contribution >= 4 is 29.2 Å². The first-order valence-electron chi connectivity index (χ1n) is 9.62. The predicted molar refractivity (Wildman–Crippen MR) is 105 cm³/mol. The van der Waals surface area contributed by atoms with Gasteiger partial charge in [0.15, 0.2) is 6.61 Å². The Morgan fingerprint density at radius 3 is 2.48 bits per heavy atom. The van der Waals surface area contributed by atoms with Crippen LogP contribution in [0.2, 0.25) is 0 Å². The van der Waals surface area contributed by atoms with E-state index in [0.717, 1.165) is 12.8 Å². The lowest BCUT2D eigenvalue weighted by Gasteiger charge is -2.30. The van der Waals surface area contributed by atoms with Crippen molar-refractivity contribution in [3.05, 3.63) is 59.9 Å². The minimum Gasteiger partial charge on any atom is -0.455 e. The molecule has 2 aliphatic rings. The molecule has 0 radical (unpaired) electrons. The number of carbonyl (C=O) groups is 3. The molecule has 0 spiro atoms. The monoisotopic (exact) mass is 396 g/mol. The third-order valence-corrected chi connectivity index (χ3v) is 5.64. The van der Waals surface area contributed by atoms with Gasteiger partial charge in [-0.15, -0.1) is 0 Å². The zero-order chi connectivity index (χ0) is 20.4. The van der Waals surface area contributed by atoms with Gasteiger partial charge in [-0.3, -0.25) is 19.3 Å². The van der Waals surface area contributed by atoms with Crippen LogP contribution in [0, 0.1) is 5.82 Å². The van der Waals surface area contributed by atoms with Crippen LogP contribution in [-0.4, -0.2) is 30.9 Å². The molecule has 0 bridgehead atoms. The van der Waals surface area contributed by atoms with Gasteiger partial charge in [-0.25, -0.2) is 4.39 Å². The van der Waals surface area contributed by atoms with E-state index in [9.17, 15) is 18.8 Å². The van der Waals surface area contributed by atoms with E-state index < -0.39 is 23.9 Å². The SMILES string of the molecule is O=C1CN(C(=O)COC(=O)C2(c3ccc(F)cc3)CCCC2)c2ccccc2N1. The summed E-state index contributed by atoms with van der Waals surface area (Å²) in [6, 6.07) is 12.8. The Morgan fingerprint density at radius 1 is 1.07 bits per heavy atom. The molecule has 2 amide bonds. The lowest BCUT2D eigenvalue weighted by atomic mass is 9.79. The van der Waals surface area contributed by atoms with Gasteiger partial charge in [-0.05, 0) is 42.7 Å². The number of esters is 1. The Hall–Kier alpha value is -3.22. The molecule has 1 aliphatic carbocycles. The molecule has 0 aromatic heterocycles. The van der Waals surface area contributed by atoms with E-state index in [0.29, 0.717) is 29.8 Å². The Kier molecular flexibility index (Phi) is 5.05. The first-order valence-corrected chi connectivity index (χ1v) is 9.62. The highest BCUT2D eigenvalue weighted by molar-refractivity contribution is 6.10. The van der Waals surface area contributed by atoms with E-state index in [4.69, 9.17) is 4.74 Å². The summed E-state index contributed by atoms with van der Waals surface area (Å²) in [4.78, 5) is 38.9. The molecule has 2 aromatic rings. The smallest absolute Gasteiger partial charge is 0.317 e. The van der Waals surface area contributed by atoms with E-state index in [1.165, 1.54) is 17.0 Å². The number of benzene rings is 2. The minimum absolute atomic E-state index is 0.128. The second kappa shape index (κ2) is 7.66. The van der Waals surface area contributed by atoms with Crippen LogP contribution in [0.5, 0.6) is 0 Å². The van der Waals surface area contributed by atoms with Crippen LogP contribution in [0.3, 0.4) is 0 Å². The second-order valence-electron chi connectivity index (χ2n) is 7.42. The van der Waals surface area contributed by atoms with Crippen molar-refractivity contribution in [2.75, 3.05) is 23.4 Å². The number of rotatable bonds is 4. The molecular weight excluding hydrogens is 375 g/mol. The van der Waals surface area contributed by atoms with Crippen LogP contribution >= 0.6 is 0 Å². The summed E-state index contributed by atoms with van der Waals surface area (Å²) in [6.45, 7) is -0.583. The molecule has 150 valence electrons. The molecule has 1 saturated carbocycles. The number of hydrogen-bond acceptors (Lipinski definition) is 4. The fourth-order valence-corrected chi connectivity index (χ4v) is 4.16. The van der Waals surface area contributed by atoms with Crippen molar-refractivity contribution in [3.63, 3.8) is 0 Å². The number of amides is 2. The van der Waals surface area contributed by atoms with Gasteiger partial charge in [-0.1, -0.05) is 37.1 Å². The molecule has 4 rings (SSSR count). The minimum atomic E-state index is -0.856. The zero-order valence-corrected chi connectivity index (χ0v) is 15.8. The van der Waals surface area contributed by atoms with E-state index in [2.05, 4.69) is 5.32 Å². The largest absolute Gasteiger partial charge is 0.455 e. The predicted octanol–water partition coefficient (Wildman–Crippen LogP) is 3.17. The van der Waals surface area contributed by atoms with Crippen LogP contribution in [0.15, 0.2) is 48.5 Å². The van der Waals surface area contributed by atoms with Crippen molar-refractivity contribution in [2.45, 2.75) is 31.1 Å². The zero-order valence-electron chi connectivity index (χ0n) is 15.8. The quantitative estimate of drug-likeness (QED) is 0.806. The summed E-state index contributed by atoms with van der Waals surface area (Å²) in [7, 11) is 0. The number of hydrogen-bond donors (Lipinski definition) is 1. The Balaban J connectivity index is 1.49. The third kappa shape index (κ3) is 3.60. The number of ether oxygens (including phenoxy) is 1. The summed E-state index contributed by atoms with van der Waals surface area (Å²) in [5.74, 6) is -1.62.